The van der Waals surface area contributed by atoms with Gasteiger partial charge in [0.2, 0.25) is 5.78 Å². The summed E-state index contributed by atoms with van der Waals surface area (Å²) < 4.78 is 6.79. The summed E-state index contributed by atoms with van der Waals surface area (Å²) in [6.45, 7) is 1.69. The average Bonchev–Trinajstić information content (AvgIpc) is 2.86. The van der Waals surface area contributed by atoms with Crippen LogP contribution in [0.3, 0.4) is 0 Å². The molecule has 1 unspecified atom stereocenters. The van der Waals surface area contributed by atoms with Gasteiger partial charge < -0.3 is 4.74 Å². The molecule has 0 aromatic heterocycles. The molecule has 0 N–H and O–H groups in total. The lowest BCUT2D eigenvalue weighted by molar-refractivity contribution is 0.0554. The highest BCUT2D eigenvalue weighted by atomic mass is 79.9. The van der Waals surface area contributed by atoms with Crippen LogP contribution in [0, 0.1) is 0 Å². The summed E-state index contributed by atoms with van der Waals surface area (Å²) >= 11 is 3.37. The van der Waals surface area contributed by atoms with Gasteiger partial charge in [-0.05, 0) is 35.9 Å². The van der Waals surface area contributed by atoms with Crippen molar-refractivity contribution < 1.29 is 14.3 Å². The van der Waals surface area contributed by atoms with Crippen molar-refractivity contribution in [2.45, 2.75) is 18.9 Å². The normalized spacial score (nSPS) is 18.9. The molecule has 0 bridgehead atoms. The maximum absolute atomic E-state index is 13.1. The Balaban J connectivity index is 1.70. The smallest absolute Gasteiger partial charge is 0.210 e. The highest BCUT2D eigenvalue weighted by Gasteiger charge is 2.46. The van der Waals surface area contributed by atoms with Crippen LogP contribution in [0.25, 0.3) is 10.8 Å². The number of halogens is 1. The van der Waals surface area contributed by atoms with E-state index < -0.39 is 5.60 Å². The van der Waals surface area contributed by atoms with Crippen molar-refractivity contribution in [3.8, 4) is 5.75 Å². The third-order valence-corrected chi connectivity index (χ3v) is 5.07. The first-order chi connectivity index (χ1) is 12.0. The van der Waals surface area contributed by atoms with Crippen LogP contribution in [0.15, 0.2) is 65.1 Å². The molecule has 1 aliphatic rings. The van der Waals surface area contributed by atoms with Gasteiger partial charge in [0.1, 0.15) is 5.75 Å². The molecule has 0 fully saturated rings. The van der Waals surface area contributed by atoms with Crippen LogP contribution in [0.2, 0.25) is 0 Å². The third kappa shape index (κ3) is 2.67. The Morgan fingerprint density at radius 2 is 1.88 bits per heavy atom. The number of rotatable bonds is 3. The van der Waals surface area contributed by atoms with E-state index in [-0.39, 0.29) is 18.0 Å². The molecular weight excluding hydrogens is 380 g/mol. The predicted octanol–water partition coefficient (Wildman–Crippen LogP) is 5.21. The fourth-order valence-electron chi connectivity index (χ4n) is 3.31. The lowest BCUT2D eigenvalue weighted by atomic mass is 9.88. The van der Waals surface area contributed by atoms with Crippen molar-refractivity contribution in [2.24, 2.45) is 0 Å². The van der Waals surface area contributed by atoms with Gasteiger partial charge >= 0.3 is 0 Å². The van der Waals surface area contributed by atoms with E-state index >= 15 is 0 Å². The number of carbonyl (C=O) groups excluding carboxylic acids is 2. The number of hydrogen-bond acceptors (Lipinski definition) is 3. The number of benzene rings is 3. The zero-order chi connectivity index (χ0) is 17.6. The quantitative estimate of drug-likeness (QED) is 0.572. The molecule has 0 saturated heterocycles. The van der Waals surface area contributed by atoms with Crippen LogP contribution < -0.4 is 4.74 Å². The van der Waals surface area contributed by atoms with Gasteiger partial charge in [0, 0.05) is 10.0 Å². The number of ether oxygens (including phenoxy) is 1. The molecule has 0 radical (unpaired) electrons. The minimum absolute atomic E-state index is 0.00525. The van der Waals surface area contributed by atoms with Gasteiger partial charge in [-0.15, -0.1) is 0 Å². The largest absolute Gasteiger partial charge is 0.478 e. The minimum Gasteiger partial charge on any atom is -0.478 e. The van der Waals surface area contributed by atoms with Gasteiger partial charge in [-0.2, -0.15) is 0 Å². The Bertz CT molecular complexity index is 1020. The van der Waals surface area contributed by atoms with Crippen molar-refractivity contribution in [1.29, 1.82) is 0 Å². The highest BCUT2D eigenvalue weighted by Crippen LogP contribution is 2.41. The van der Waals surface area contributed by atoms with E-state index in [4.69, 9.17) is 4.74 Å². The molecule has 4 heteroatoms. The highest BCUT2D eigenvalue weighted by molar-refractivity contribution is 9.10. The number of Topliss-reactive ketones (excluding diaryl/α,β-unsaturated/α-hetero) is 2. The molecule has 4 rings (SSSR count). The second-order valence-corrected chi connectivity index (χ2v) is 7.35. The van der Waals surface area contributed by atoms with Gasteiger partial charge in [0.25, 0.3) is 0 Å². The van der Waals surface area contributed by atoms with Crippen LogP contribution in [0.4, 0.5) is 0 Å². The average molecular weight is 395 g/mol. The van der Waals surface area contributed by atoms with Crippen LogP contribution in [0.5, 0.6) is 5.75 Å². The molecule has 0 saturated carbocycles. The topological polar surface area (TPSA) is 43.4 Å². The van der Waals surface area contributed by atoms with Gasteiger partial charge in [-0.1, -0.05) is 58.4 Å². The fourth-order valence-corrected chi connectivity index (χ4v) is 3.71. The van der Waals surface area contributed by atoms with Gasteiger partial charge in [-0.25, -0.2) is 0 Å². The van der Waals surface area contributed by atoms with Crippen molar-refractivity contribution in [2.75, 3.05) is 0 Å². The second kappa shape index (κ2) is 5.81. The number of carbonyl (C=O) groups is 2. The summed E-state index contributed by atoms with van der Waals surface area (Å²) in [5.74, 6) is 0.296. The standard InChI is InChI=1S/C21H15BrO3/c1-21(12-17(23)14-6-4-7-15(22)11-14)20(24)19-16-8-3-2-5-13(16)9-10-18(19)25-21/h2-11H,12H2,1H3. The first-order valence-corrected chi connectivity index (χ1v) is 8.81. The third-order valence-electron chi connectivity index (χ3n) is 4.58. The Labute approximate surface area is 153 Å². The summed E-state index contributed by atoms with van der Waals surface area (Å²) in [5.41, 5.74) is -0.0401. The van der Waals surface area contributed by atoms with E-state index in [1.165, 1.54) is 0 Å². The van der Waals surface area contributed by atoms with Crippen molar-refractivity contribution in [3.63, 3.8) is 0 Å². The van der Waals surface area contributed by atoms with E-state index in [2.05, 4.69) is 15.9 Å². The van der Waals surface area contributed by atoms with E-state index in [0.29, 0.717) is 16.9 Å². The molecule has 25 heavy (non-hydrogen) atoms. The number of fused-ring (bicyclic) bond motifs is 3. The Kier molecular flexibility index (Phi) is 3.73. The lowest BCUT2D eigenvalue weighted by Crippen LogP contribution is -2.38. The Morgan fingerprint density at radius 3 is 2.68 bits per heavy atom. The number of ketones is 2. The van der Waals surface area contributed by atoms with Gasteiger partial charge in [0.15, 0.2) is 11.4 Å². The summed E-state index contributed by atoms with van der Waals surface area (Å²) in [4.78, 5) is 25.7. The molecule has 3 nitrogen and oxygen atoms in total. The fraction of sp³-hybridized carbons (Fsp3) is 0.143. The van der Waals surface area contributed by atoms with Crippen LogP contribution in [-0.4, -0.2) is 17.2 Å². The first-order valence-electron chi connectivity index (χ1n) is 8.02. The lowest BCUT2D eigenvalue weighted by Gasteiger charge is -2.21. The minimum atomic E-state index is -1.17. The van der Waals surface area contributed by atoms with E-state index in [9.17, 15) is 9.59 Å². The molecule has 124 valence electrons. The van der Waals surface area contributed by atoms with Gasteiger partial charge in [0.05, 0.1) is 12.0 Å². The SMILES string of the molecule is CC1(CC(=O)c2cccc(Br)c2)Oc2ccc3ccccc3c2C1=O. The molecule has 3 aromatic rings. The van der Waals surface area contributed by atoms with E-state index in [1.54, 1.807) is 25.1 Å². The molecule has 3 aromatic carbocycles. The predicted molar refractivity (Wildman–Crippen MR) is 100 cm³/mol. The zero-order valence-electron chi connectivity index (χ0n) is 13.6. The maximum atomic E-state index is 13.1. The van der Waals surface area contributed by atoms with E-state index in [1.807, 2.05) is 42.5 Å². The van der Waals surface area contributed by atoms with Gasteiger partial charge in [-0.3, -0.25) is 9.59 Å². The first kappa shape index (κ1) is 16.0. The van der Waals surface area contributed by atoms with Crippen molar-refractivity contribution in [1.82, 2.24) is 0 Å². The molecule has 1 atom stereocenters. The number of hydrogen-bond donors (Lipinski definition) is 0. The summed E-state index contributed by atoms with van der Waals surface area (Å²) in [5, 5.41) is 1.85. The molecule has 1 aliphatic heterocycles. The molecule has 0 spiro atoms. The maximum Gasteiger partial charge on any atom is 0.210 e. The molecule has 0 aliphatic carbocycles. The summed E-state index contributed by atoms with van der Waals surface area (Å²) in [7, 11) is 0. The Morgan fingerprint density at radius 1 is 1.08 bits per heavy atom. The van der Waals surface area contributed by atoms with E-state index in [0.717, 1.165) is 15.2 Å². The molecule has 0 amide bonds. The monoisotopic (exact) mass is 394 g/mol. The van der Waals surface area contributed by atoms with Crippen molar-refractivity contribution >= 4 is 38.3 Å². The van der Waals surface area contributed by atoms with Crippen LogP contribution in [0.1, 0.15) is 34.1 Å². The van der Waals surface area contributed by atoms with Crippen LogP contribution in [-0.2, 0) is 0 Å². The summed E-state index contributed by atoms with van der Waals surface area (Å²) in [6.07, 6.45) is 0.00525. The van der Waals surface area contributed by atoms with Crippen LogP contribution >= 0.6 is 15.9 Å². The van der Waals surface area contributed by atoms with Crippen molar-refractivity contribution in [3.05, 3.63) is 76.3 Å². The summed E-state index contributed by atoms with van der Waals surface area (Å²) in [6, 6.07) is 18.6. The second-order valence-electron chi connectivity index (χ2n) is 6.43. The zero-order valence-corrected chi connectivity index (χ0v) is 15.2. The Hall–Kier alpha value is -2.46. The molecular formula is C21H15BrO3. The molecule has 1 heterocycles.